The first-order valence-corrected chi connectivity index (χ1v) is 6.87. The molecule has 1 heterocycles. The summed E-state index contributed by atoms with van der Waals surface area (Å²) in [6.45, 7) is 1.54. The molecule has 1 atom stereocenters. The van der Waals surface area contributed by atoms with Gasteiger partial charge in [0.15, 0.2) is 0 Å². The van der Waals surface area contributed by atoms with Gasteiger partial charge in [-0.05, 0) is 31.4 Å². The summed E-state index contributed by atoms with van der Waals surface area (Å²) in [6.07, 6.45) is 3.11. The first-order valence-electron chi connectivity index (χ1n) is 6.87. The van der Waals surface area contributed by atoms with Gasteiger partial charge in [0.1, 0.15) is 18.6 Å². The van der Waals surface area contributed by atoms with Crippen LogP contribution in [0, 0.1) is 0 Å². The van der Waals surface area contributed by atoms with Crippen molar-refractivity contribution in [1.82, 2.24) is 5.32 Å². The molecule has 0 aliphatic carbocycles. The van der Waals surface area contributed by atoms with E-state index in [2.05, 4.69) is 5.32 Å². The van der Waals surface area contributed by atoms with Crippen molar-refractivity contribution in [2.24, 2.45) is 0 Å². The number of benzene rings is 1. The van der Waals surface area contributed by atoms with E-state index in [1.54, 1.807) is 18.2 Å². The fourth-order valence-electron chi connectivity index (χ4n) is 2.08. The molecule has 0 saturated heterocycles. The highest BCUT2D eigenvalue weighted by Gasteiger charge is 2.16. The molecule has 1 N–H and O–H groups in total. The van der Waals surface area contributed by atoms with Crippen molar-refractivity contribution in [2.45, 2.75) is 25.3 Å². The van der Waals surface area contributed by atoms with Crippen LogP contribution in [0.3, 0.4) is 0 Å². The Bertz CT molecular complexity index is 461. The Labute approximate surface area is 118 Å². The van der Waals surface area contributed by atoms with Crippen molar-refractivity contribution in [3.05, 3.63) is 29.8 Å². The van der Waals surface area contributed by atoms with Gasteiger partial charge >= 0.3 is 0 Å². The van der Waals surface area contributed by atoms with Crippen molar-refractivity contribution < 1.29 is 19.1 Å². The molecule has 0 unspecified atom stereocenters. The third kappa shape index (κ3) is 4.06. The van der Waals surface area contributed by atoms with E-state index < -0.39 is 6.04 Å². The maximum atomic E-state index is 12.2. The summed E-state index contributed by atoms with van der Waals surface area (Å²) in [7, 11) is 0. The number of hydrogen-bond donors (Lipinski definition) is 1. The van der Waals surface area contributed by atoms with Gasteiger partial charge in [0, 0.05) is 6.61 Å². The van der Waals surface area contributed by atoms with Gasteiger partial charge in [0.2, 0.25) is 0 Å². The Balaban J connectivity index is 2.16. The van der Waals surface area contributed by atoms with Crippen LogP contribution in [0.15, 0.2) is 24.3 Å². The van der Waals surface area contributed by atoms with Gasteiger partial charge in [-0.25, -0.2) is 0 Å². The maximum Gasteiger partial charge on any atom is 0.255 e. The minimum Gasteiger partial charge on any atom is -0.490 e. The van der Waals surface area contributed by atoms with E-state index in [9.17, 15) is 9.59 Å². The number of carbonyl (C=O) groups is 2. The Hall–Kier alpha value is -1.88. The lowest BCUT2D eigenvalue weighted by Crippen LogP contribution is -2.36. The monoisotopic (exact) mass is 277 g/mol. The number of hydrogen-bond acceptors (Lipinski definition) is 4. The zero-order chi connectivity index (χ0) is 14.2. The van der Waals surface area contributed by atoms with Crippen LogP contribution in [0.2, 0.25) is 0 Å². The number of nitrogens with one attached hydrogen (secondary N) is 1. The first kappa shape index (κ1) is 14.5. The average molecular weight is 277 g/mol. The van der Waals surface area contributed by atoms with Crippen LogP contribution in [0.4, 0.5) is 0 Å². The number of carbonyl (C=O) groups excluding carboxylic acids is 2. The van der Waals surface area contributed by atoms with Crippen LogP contribution in [0.25, 0.3) is 0 Å². The fraction of sp³-hybridized carbons (Fsp3) is 0.467. The number of amides is 1. The van der Waals surface area contributed by atoms with E-state index in [0.29, 0.717) is 37.6 Å². The van der Waals surface area contributed by atoms with E-state index >= 15 is 0 Å². The lowest BCUT2D eigenvalue weighted by molar-refractivity contribution is -0.109. The molecule has 2 rings (SSSR count). The third-order valence-electron chi connectivity index (χ3n) is 3.15. The van der Waals surface area contributed by atoms with Gasteiger partial charge in [-0.2, -0.15) is 0 Å². The van der Waals surface area contributed by atoms with Gasteiger partial charge < -0.3 is 19.6 Å². The van der Waals surface area contributed by atoms with E-state index in [4.69, 9.17) is 9.47 Å². The fourth-order valence-corrected chi connectivity index (χ4v) is 2.08. The van der Waals surface area contributed by atoms with Crippen molar-refractivity contribution in [3.8, 4) is 5.75 Å². The highest BCUT2D eigenvalue weighted by Crippen LogP contribution is 2.18. The number of ether oxygens (including phenoxy) is 2. The van der Waals surface area contributed by atoms with Crippen molar-refractivity contribution in [1.29, 1.82) is 0 Å². The summed E-state index contributed by atoms with van der Waals surface area (Å²) in [5, 5.41) is 2.73. The molecular weight excluding hydrogens is 258 g/mol. The number of fused-ring (bicyclic) bond motifs is 1. The maximum absolute atomic E-state index is 12.2. The van der Waals surface area contributed by atoms with Crippen molar-refractivity contribution in [3.63, 3.8) is 0 Å². The highest BCUT2D eigenvalue weighted by atomic mass is 16.5. The summed E-state index contributed by atoms with van der Waals surface area (Å²) < 4.78 is 11.0. The molecule has 1 aliphatic rings. The molecule has 0 spiro atoms. The van der Waals surface area contributed by atoms with Crippen LogP contribution in [-0.4, -0.2) is 38.1 Å². The molecule has 5 nitrogen and oxygen atoms in total. The molecule has 0 aromatic heterocycles. The van der Waals surface area contributed by atoms with Crippen LogP contribution in [0.5, 0.6) is 5.75 Å². The third-order valence-corrected chi connectivity index (χ3v) is 3.15. The molecule has 108 valence electrons. The van der Waals surface area contributed by atoms with Crippen LogP contribution in [0.1, 0.15) is 29.6 Å². The normalized spacial score (nSPS) is 21.2. The number of para-hydroxylation sites is 1. The van der Waals surface area contributed by atoms with E-state index in [-0.39, 0.29) is 5.91 Å². The molecule has 1 aromatic carbocycles. The van der Waals surface area contributed by atoms with Crippen molar-refractivity contribution in [2.75, 3.05) is 19.8 Å². The van der Waals surface area contributed by atoms with Gasteiger partial charge in [0.25, 0.3) is 5.91 Å². The SMILES string of the molecule is O=C[C@@H]1CCCCOCCOc2ccccc2C(=O)N1. The van der Waals surface area contributed by atoms with Crippen LogP contribution >= 0.6 is 0 Å². The summed E-state index contributed by atoms with van der Waals surface area (Å²) >= 11 is 0. The van der Waals surface area contributed by atoms with Gasteiger partial charge in [0.05, 0.1) is 18.2 Å². The highest BCUT2D eigenvalue weighted by molar-refractivity contribution is 5.98. The van der Waals surface area contributed by atoms with Crippen LogP contribution < -0.4 is 10.1 Å². The lowest BCUT2D eigenvalue weighted by Gasteiger charge is -2.14. The minimum absolute atomic E-state index is 0.280. The molecule has 20 heavy (non-hydrogen) atoms. The average Bonchev–Trinajstić information content (AvgIpc) is 2.49. The largest absolute Gasteiger partial charge is 0.490 e. The summed E-state index contributed by atoms with van der Waals surface area (Å²) in [4.78, 5) is 23.2. The molecule has 5 heteroatoms. The molecule has 0 fully saturated rings. The number of rotatable bonds is 1. The van der Waals surface area contributed by atoms with E-state index in [1.807, 2.05) is 6.07 Å². The molecule has 1 aromatic rings. The zero-order valence-electron chi connectivity index (χ0n) is 11.3. The second-order valence-electron chi connectivity index (χ2n) is 4.67. The molecule has 1 amide bonds. The predicted molar refractivity (Wildman–Crippen MR) is 73.9 cm³/mol. The second kappa shape index (κ2) is 7.65. The minimum atomic E-state index is -0.462. The lowest BCUT2D eigenvalue weighted by atomic mass is 10.1. The molecular formula is C15H19NO4. The van der Waals surface area contributed by atoms with Gasteiger partial charge in [-0.3, -0.25) is 4.79 Å². The predicted octanol–water partition coefficient (Wildman–Crippen LogP) is 1.56. The molecule has 0 bridgehead atoms. The topological polar surface area (TPSA) is 64.6 Å². The second-order valence-corrected chi connectivity index (χ2v) is 4.67. The Kier molecular flexibility index (Phi) is 5.55. The molecule has 0 radical (unpaired) electrons. The summed E-state index contributed by atoms with van der Waals surface area (Å²) in [5.74, 6) is 0.232. The van der Waals surface area contributed by atoms with Crippen LogP contribution in [-0.2, 0) is 9.53 Å². The smallest absolute Gasteiger partial charge is 0.255 e. The number of aldehydes is 1. The summed E-state index contributed by atoms with van der Waals surface area (Å²) in [5.41, 5.74) is 0.443. The zero-order valence-corrected chi connectivity index (χ0v) is 11.3. The Morgan fingerprint density at radius 1 is 1.15 bits per heavy atom. The Morgan fingerprint density at radius 3 is 2.85 bits per heavy atom. The Morgan fingerprint density at radius 2 is 2.00 bits per heavy atom. The van der Waals surface area contributed by atoms with E-state index in [1.165, 1.54) is 0 Å². The standard InChI is InChI=1S/C15H19NO4/c17-11-12-5-3-4-8-19-9-10-20-14-7-2-1-6-13(14)15(18)16-12/h1-2,6-7,11-12H,3-5,8-10H2,(H,16,18)/t12-/m0/s1. The quantitative estimate of drug-likeness (QED) is 0.791. The first-order chi connectivity index (χ1) is 9.81. The summed E-state index contributed by atoms with van der Waals surface area (Å²) in [6, 6.07) is 6.54. The molecule has 0 saturated carbocycles. The van der Waals surface area contributed by atoms with Gasteiger partial charge in [-0.15, -0.1) is 0 Å². The van der Waals surface area contributed by atoms with E-state index in [0.717, 1.165) is 19.1 Å². The van der Waals surface area contributed by atoms with Gasteiger partial charge in [-0.1, -0.05) is 12.1 Å². The van der Waals surface area contributed by atoms with Crippen molar-refractivity contribution >= 4 is 12.2 Å². The molecule has 1 aliphatic heterocycles.